The van der Waals surface area contributed by atoms with E-state index in [1.807, 2.05) is 0 Å². The quantitative estimate of drug-likeness (QED) is 0.680. The Bertz CT molecular complexity index is 815. The van der Waals surface area contributed by atoms with Gasteiger partial charge in [-0.1, -0.05) is 0 Å². The van der Waals surface area contributed by atoms with Crippen LogP contribution in [0.4, 0.5) is 10.7 Å². The number of aliphatic hydroxyl groups is 1. The van der Waals surface area contributed by atoms with Crippen molar-refractivity contribution in [2.24, 2.45) is 17.8 Å². The van der Waals surface area contributed by atoms with Crippen LogP contribution >= 0.6 is 0 Å². The number of amides is 2. The van der Waals surface area contributed by atoms with E-state index >= 15 is 0 Å². The van der Waals surface area contributed by atoms with Gasteiger partial charge in [-0.15, -0.1) is 0 Å². The Kier molecular flexibility index (Phi) is 4.80. The first kappa shape index (κ1) is 19.5. The molecule has 3 atom stereocenters. The van der Waals surface area contributed by atoms with Crippen molar-refractivity contribution >= 4 is 17.9 Å². The zero-order chi connectivity index (χ0) is 20.9. The summed E-state index contributed by atoms with van der Waals surface area (Å²) in [6.45, 7) is 1.16. The van der Waals surface area contributed by atoms with Crippen LogP contribution in [0.1, 0.15) is 48.9 Å². The van der Waals surface area contributed by atoms with Crippen LogP contribution in [0.25, 0.3) is 0 Å². The Balaban J connectivity index is 1.15. The Morgan fingerprint density at radius 2 is 1.90 bits per heavy atom. The van der Waals surface area contributed by atoms with Crippen molar-refractivity contribution in [2.45, 2.75) is 56.3 Å². The van der Waals surface area contributed by atoms with Gasteiger partial charge in [0.05, 0.1) is 11.2 Å². The molecule has 1 aromatic rings. The third-order valence-electron chi connectivity index (χ3n) is 7.31. The lowest BCUT2D eigenvalue weighted by Crippen LogP contribution is -2.58. The third-order valence-corrected chi connectivity index (χ3v) is 7.31. The van der Waals surface area contributed by atoms with Gasteiger partial charge in [-0.25, -0.2) is 14.8 Å². The minimum Gasteiger partial charge on any atom is -0.446 e. The molecule has 30 heavy (non-hydrogen) atoms. The average Bonchev–Trinajstić information content (AvgIpc) is 3.18. The summed E-state index contributed by atoms with van der Waals surface area (Å²) in [5, 5.41) is 16.5. The van der Waals surface area contributed by atoms with Crippen LogP contribution < -0.4 is 10.6 Å². The summed E-state index contributed by atoms with van der Waals surface area (Å²) in [5.74, 6) is 1.41. The second-order valence-corrected chi connectivity index (χ2v) is 9.49. The first-order valence-corrected chi connectivity index (χ1v) is 10.9. The van der Waals surface area contributed by atoms with Gasteiger partial charge in [0.25, 0.3) is 5.91 Å². The molecule has 1 saturated heterocycles. The summed E-state index contributed by atoms with van der Waals surface area (Å²) in [6, 6.07) is 0.0441. The number of hydrogen-bond acceptors (Lipinski definition) is 7. The van der Waals surface area contributed by atoms with E-state index in [0.29, 0.717) is 42.4 Å². The fraction of sp³-hybridized carbons (Fsp3) is 0.714. The molecule has 9 nitrogen and oxygen atoms in total. The highest BCUT2D eigenvalue weighted by Gasteiger charge is 2.56. The largest absolute Gasteiger partial charge is 0.446 e. The Morgan fingerprint density at radius 3 is 2.53 bits per heavy atom. The summed E-state index contributed by atoms with van der Waals surface area (Å²) in [6.07, 6.45) is 8.05. The summed E-state index contributed by atoms with van der Waals surface area (Å²) in [4.78, 5) is 34.5. The molecule has 5 fully saturated rings. The molecule has 4 aliphatic carbocycles. The molecule has 1 unspecified atom stereocenters. The zero-order valence-corrected chi connectivity index (χ0v) is 17.2. The molecule has 1 aliphatic heterocycles. The van der Waals surface area contributed by atoms with E-state index in [1.54, 1.807) is 11.9 Å². The highest BCUT2D eigenvalue weighted by molar-refractivity contribution is 5.93. The van der Waals surface area contributed by atoms with Crippen LogP contribution in [0.15, 0.2) is 12.4 Å². The Labute approximate surface area is 175 Å². The molecule has 2 heterocycles. The molecule has 9 heteroatoms. The van der Waals surface area contributed by atoms with E-state index in [4.69, 9.17) is 4.74 Å². The third kappa shape index (κ3) is 3.59. The number of nitrogens with zero attached hydrogens (tertiary/aromatic N) is 3. The highest BCUT2D eigenvalue weighted by atomic mass is 16.6. The molecule has 5 aliphatic rings. The fourth-order valence-electron chi connectivity index (χ4n) is 6.21. The second kappa shape index (κ2) is 7.37. The molecular formula is C21H29N5O4. The van der Waals surface area contributed by atoms with Crippen molar-refractivity contribution in [2.75, 3.05) is 25.5 Å². The predicted molar refractivity (Wildman–Crippen MR) is 108 cm³/mol. The van der Waals surface area contributed by atoms with E-state index in [-0.39, 0.29) is 24.1 Å². The predicted octanol–water partition coefficient (Wildman–Crippen LogP) is 1.40. The number of anilines is 1. The van der Waals surface area contributed by atoms with Crippen LogP contribution in [-0.2, 0) is 4.74 Å². The first-order chi connectivity index (χ1) is 14.4. The first-order valence-electron chi connectivity index (χ1n) is 10.9. The smallest absolute Gasteiger partial charge is 0.410 e. The van der Waals surface area contributed by atoms with Crippen molar-refractivity contribution < 1.29 is 19.4 Å². The second-order valence-electron chi connectivity index (χ2n) is 9.49. The maximum atomic E-state index is 12.8. The minimum absolute atomic E-state index is 0.0441. The molecule has 0 aromatic carbocycles. The van der Waals surface area contributed by atoms with Crippen LogP contribution in [0.2, 0.25) is 0 Å². The van der Waals surface area contributed by atoms with Crippen molar-refractivity contribution in [3.63, 3.8) is 0 Å². The summed E-state index contributed by atoms with van der Waals surface area (Å²) in [7, 11) is 1.56. The van der Waals surface area contributed by atoms with Crippen molar-refractivity contribution in [1.82, 2.24) is 20.2 Å². The van der Waals surface area contributed by atoms with E-state index < -0.39 is 5.60 Å². The van der Waals surface area contributed by atoms with Gasteiger partial charge in [-0.05, 0) is 56.3 Å². The van der Waals surface area contributed by atoms with Gasteiger partial charge in [-0.2, -0.15) is 0 Å². The van der Waals surface area contributed by atoms with E-state index in [2.05, 4.69) is 20.6 Å². The lowest BCUT2D eigenvalue weighted by Gasteiger charge is -2.57. The van der Waals surface area contributed by atoms with E-state index in [1.165, 1.54) is 12.4 Å². The molecule has 4 bridgehead atoms. The minimum atomic E-state index is -0.518. The number of nitrogens with one attached hydrogen (secondary N) is 2. The molecule has 6 rings (SSSR count). The number of carbonyl (C=O) groups excluding carboxylic acids is 2. The summed E-state index contributed by atoms with van der Waals surface area (Å²) < 4.78 is 5.98. The standard InChI is InChI=1S/C21H29N5O4/c1-22-18(27)15-9-23-19(24-10-15)25-16-2-3-26(11-16)20(28)30-17-13-4-12-5-14(17)8-21(29,6-12)7-13/h9-10,12-14,16-17,29H,2-8,11H2,1H3,(H,22,27)(H,23,24,25)/t12?,13-,14-,16?,17?,21?/m1/s1. The average molecular weight is 415 g/mol. The number of ether oxygens (including phenoxy) is 1. The van der Waals surface area contributed by atoms with Gasteiger partial charge in [0, 0.05) is 38.6 Å². The lowest BCUT2D eigenvalue weighted by molar-refractivity contribution is -0.177. The monoisotopic (exact) mass is 415 g/mol. The molecule has 0 radical (unpaired) electrons. The molecule has 4 saturated carbocycles. The van der Waals surface area contributed by atoms with Crippen LogP contribution in [0.5, 0.6) is 0 Å². The number of hydrogen-bond donors (Lipinski definition) is 3. The van der Waals surface area contributed by atoms with Crippen LogP contribution in [0, 0.1) is 17.8 Å². The summed E-state index contributed by atoms with van der Waals surface area (Å²) in [5.41, 5.74) is -0.116. The molecule has 2 amide bonds. The van der Waals surface area contributed by atoms with Crippen molar-refractivity contribution in [3.8, 4) is 0 Å². The van der Waals surface area contributed by atoms with E-state index in [0.717, 1.165) is 38.5 Å². The molecule has 162 valence electrons. The number of carbonyl (C=O) groups is 2. The number of rotatable bonds is 4. The fourth-order valence-corrected chi connectivity index (χ4v) is 6.21. The molecular weight excluding hydrogens is 386 g/mol. The summed E-state index contributed by atoms with van der Waals surface area (Å²) >= 11 is 0. The van der Waals surface area contributed by atoms with E-state index in [9.17, 15) is 14.7 Å². The van der Waals surface area contributed by atoms with Crippen molar-refractivity contribution in [1.29, 1.82) is 0 Å². The molecule has 0 spiro atoms. The van der Waals surface area contributed by atoms with Crippen LogP contribution in [0.3, 0.4) is 0 Å². The zero-order valence-electron chi connectivity index (χ0n) is 17.2. The van der Waals surface area contributed by atoms with Gasteiger partial charge in [-0.3, -0.25) is 4.79 Å². The maximum Gasteiger partial charge on any atom is 0.410 e. The van der Waals surface area contributed by atoms with Gasteiger partial charge in [0.2, 0.25) is 5.95 Å². The highest BCUT2D eigenvalue weighted by Crippen LogP contribution is 2.56. The van der Waals surface area contributed by atoms with Gasteiger partial charge < -0.3 is 25.4 Å². The lowest BCUT2D eigenvalue weighted by atomic mass is 9.53. The maximum absolute atomic E-state index is 12.8. The Hall–Kier alpha value is -2.42. The SMILES string of the molecule is CNC(=O)c1cnc(NC2CCN(C(=O)OC3[C@@H]4CC5C[C@@H]3CC(O)(C5)C4)C2)nc1. The molecule has 1 aromatic heterocycles. The van der Waals surface area contributed by atoms with Crippen molar-refractivity contribution in [3.05, 3.63) is 18.0 Å². The van der Waals surface area contributed by atoms with Crippen LogP contribution in [-0.4, -0.2) is 69.9 Å². The van der Waals surface area contributed by atoms with Gasteiger partial charge >= 0.3 is 6.09 Å². The topological polar surface area (TPSA) is 117 Å². The molecule has 3 N–H and O–H groups in total. The van der Waals surface area contributed by atoms with Gasteiger partial charge in [0.15, 0.2) is 0 Å². The normalized spacial score (nSPS) is 36.6. The number of aromatic nitrogens is 2. The number of likely N-dealkylation sites (tertiary alicyclic amines) is 1. The Morgan fingerprint density at radius 1 is 1.20 bits per heavy atom. The van der Waals surface area contributed by atoms with Gasteiger partial charge in [0.1, 0.15) is 6.10 Å².